The number of carbonyl (C=O) groups is 1. The maximum atomic E-state index is 11.4. The van der Waals surface area contributed by atoms with E-state index in [1.54, 1.807) is 0 Å². The molecule has 112 valence electrons. The van der Waals surface area contributed by atoms with Gasteiger partial charge in [0, 0.05) is 48.7 Å². The van der Waals surface area contributed by atoms with Crippen LogP contribution in [0.2, 0.25) is 0 Å². The number of carbonyl (C=O) groups excluding carboxylic acids is 1. The molecule has 1 fully saturated rings. The second kappa shape index (κ2) is 5.92. The molecule has 1 saturated carbocycles. The van der Waals surface area contributed by atoms with E-state index in [4.69, 9.17) is 0 Å². The Morgan fingerprint density at radius 2 is 1.90 bits per heavy atom. The number of nitrogens with zero attached hydrogens (tertiary/aromatic N) is 1. The molecule has 3 rings (SSSR count). The minimum atomic E-state index is 0.426. The summed E-state index contributed by atoms with van der Waals surface area (Å²) in [5, 5.41) is 1.33. The Balaban J connectivity index is 1.96. The highest BCUT2D eigenvalue weighted by Gasteiger charge is 2.22. The molecule has 0 bridgehead atoms. The van der Waals surface area contributed by atoms with E-state index in [1.165, 1.54) is 22.2 Å². The smallest absolute Gasteiger partial charge is 0.132 e. The molecule has 0 atom stereocenters. The Labute approximate surface area is 126 Å². The molecular formula is C18H24N2O. The van der Waals surface area contributed by atoms with E-state index in [2.05, 4.69) is 48.1 Å². The van der Waals surface area contributed by atoms with Crippen LogP contribution in [0.1, 0.15) is 51.0 Å². The third-order valence-electron chi connectivity index (χ3n) is 4.81. The normalized spacial score (nSPS) is 16.6. The molecule has 0 unspecified atom stereocenters. The largest absolute Gasteiger partial charge is 0.372 e. The third kappa shape index (κ3) is 2.69. The van der Waals surface area contributed by atoms with Gasteiger partial charge in [0.2, 0.25) is 0 Å². The summed E-state index contributed by atoms with van der Waals surface area (Å²) in [4.78, 5) is 17.2. The number of fused-ring (bicyclic) bond motifs is 1. The molecule has 1 aliphatic rings. The minimum Gasteiger partial charge on any atom is -0.372 e. The fourth-order valence-corrected chi connectivity index (χ4v) is 3.50. The third-order valence-corrected chi connectivity index (χ3v) is 4.81. The van der Waals surface area contributed by atoms with Gasteiger partial charge in [-0.1, -0.05) is 0 Å². The Hall–Kier alpha value is -1.77. The van der Waals surface area contributed by atoms with Crippen molar-refractivity contribution < 1.29 is 4.79 Å². The molecule has 2 aromatic rings. The summed E-state index contributed by atoms with van der Waals surface area (Å²) in [6.45, 7) is 6.44. The standard InChI is InChI=1S/C18H24N2O/c1-3-20(4-2)14-7-10-18-16(11-14)17(12-19-18)13-5-8-15(21)9-6-13/h7,10-13,19H,3-6,8-9H2,1-2H3. The van der Waals surface area contributed by atoms with E-state index in [0.29, 0.717) is 11.7 Å². The van der Waals surface area contributed by atoms with Crippen LogP contribution in [0.25, 0.3) is 10.9 Å². The van der Waals surface area contributed by atoms with Gasteiger partial charge in [-0.05, 0) is 56.4 Å². The van der Waals surface area contributed by atoms with Gasteiger partial charge in [0.15, 0.2) is 0 Å². The number of hydrogen-bond donors (Lipinski definition) is 1. The van der Waals surface area contributed by atoms with E-state index >= 15 is 0 Å². The molecule has 21 heavy (non-hydrogen) atoms. The van der Waals surface area contributed by atoms with E-state index in [0.717, 1.165) is 38.8 Å². The summed E-state index contributed by atoms with van der Waals surface area (Å²) < 4.78 is 0. The van der Waals surface area contributed by atoms with Crippen molar-refractivity contribution >= 4 is 22.4 Å². The second-order valence-electron chi connectivity index (χ2n) is 5.96. The summed E-state index contributed by atoms with van der Waals surface area (Å²) in [7, 11) is 0. The van der Waals surface area contributed by atoms with Gasteiger partial charge in [-0.25, -0.2) is 0 Å². The number of ketones is 1. The van der Waals surface area contributed by atoms with Crippen molar-refractivity contribution in [1.82, 2.24) is 4.98 Å². The van der Waals surface area contributed by atoms with Crippen molar-refractivity contribution in [3.8, 4) is 0 Å². The number of Topliss-reactive ketones (excluding diaryl/α,β-unsaturated/α-hetero) is 1. The molecular weight excluding hydrogens is 260 g/mol. The first-order valence-corrected chi connectivity index (χ1v) is 8.10. The predicted molar refractivity (Wildman–Crippen MR) is 88.1 cm³/mol. The average Bonchev–Trinajstić information content (AvgIpc) is 2.93. The fraction of sp³-hybridized carbons (Fsp3) is 0.500. The molecule has 0 aliphatic heterocycles. The zero-order valence-corrected chi connectivity index (χ0v) is 13.0. The summed E-state index contributed by atoms with van der Waals surface area (Å²) in [5.74, 6) is 0.957. The van der Waals surface area contributed by atoms with Crippen LogP contribution in [0, 0.1) is 0 Å². The van der Waals surface area contributed by atoms with Crippen LogP contribution in [0.4, 0.5) is 5.69 Å². The lowest BCUT2D eigenvalue weighted by molar-refractivity contribution is -0.120. The second-order valence-corrected chi connectivity index (χ2v) is 5.96. The molecule has 1 aromatic heterocycles. The summed E-state index contributed by atoms with van der Waals surface area (Å²) >= 11 is 0. The van der Waals surface area contributed by atoms with Crippen molar-refractivity contribution in [2.24, 2.45) is 0 Å². The number of benzene rings is 1. The lowest BCUT2D eigenvalue weighted by atomic mass is 9.83. The molecule has 1 aliphatic carbocycles. The van der Waals surface area contributed by atoms with Crippen molar-refractivity contribution in [3.63, 3.8) is 0 Å². The summed E-state index contributed by atoms with van der Waals surface area (Å²) in [6.07, 6.45) is 5.64. The van der Waals surface area contributed by atoms with Crippen LogP contribution in [-0.4, -0.2) is 23.9 Å². The van der Waals surface area contributed by atoms with E-state index in [1.807, 2.05) is 0 Å². The summed E-state index contributed by atoms with van der Waals surface area (Å²) in [6, 6.07) is 6.69. The lowest BCUT2D eigenvalue weighted by Gasteiger charge is -2.23. The monoisotopic (exact) mass is 284 g/mol. The highest BCUT2D eigenvalue weighted by Crippen LogP contribution is 2.36. The van der Waals surface area contributed by atoms with E-state index < -0.39 is 0 Å². The van der Waals surface area contributed by atoms with Gasteiger partial charge in [0.25, 0.3) is 0 Å². The number of aromatic nitrogens is 1. The molecule has 3 heteroatoms. The first kappa shape index (κ1) is 14.2. The van der Waals surface area contributed by atoms with Gasteiger partial charge >= 0.3 is 0 Å². The SMILES string of the molecule is CCN(CC)c1ccc2[nH]cc(C3CCC(=O)CC3)c2c1. The molecule has 0 spiro atoms. The van der Waals surface area contributed by atoms with Crippen LogP contribution in [0.15, 0.2) is 24.4 Å². The Bertz CT molecular complexity index is 630. The van der Waals surface area contributed by atoms with Gasteiger partial charge < -0.3 is 9.88 Å². The first-order valence-electron chi connectivity index (χ1n) is 8.10. The highest BCUT2D eigenvalue weighted by molar-refractivity contribution is 5.87. The Morgan fingerprint density at radius 1 is 1.19 bits per heavy atom. The first-order chi connectivity index (χ1) is 10.2. The Kier molecular flexibility index (Phi) is 4.00. The van der Waals surface area contributed by atoms with Crippen LogP contribution >= 0.6 is 0 Å². The molecule has 3 nitrogen and oxygen atoms in total. The lowest BCUT2D eigenvalue weighted by Crippen LogP contribution is -2.21. The number of H-pyrrole nitrogens is 1. The number of nitrogens with one attached hydrogen (secondary N) is 1. The number of hydrogen-bond acceptors (Lipinski definition) is 2. The Morgan fingerprint density at radius 3 is 2.57 bits per heavy atom. The van der Waals surface area contributed by atoms with Crippen LogP contribution < -0.4 is 4.90 Å². The van der Waals surface area contributed by atoms with E-state index in [-0.39, 0.29) is 0 Å². The van der Waals surface area contributed by atoms with Crippen molar-refractivity contribution in [2.75, 3.05) is 18.0 Å². The molecule has 0 radical (unpaired) electrons. The molecule has 0 amide bonds. The number of aromatic amines is 1. The zero-order chi connectivity index (χ0) is 14.8. The molecule has 0 saturated heterocycles. The zero-order valence-electron chi connectivity index (χ0n) is 13.0. The molecule has 1 N–H and O–H groups in total. The van der Waals surface area contributed by atoms with Gasteiger partial charge in [-0.3, -0.25) is 4.79 Å². The van der Waals surface area contributed by atoms with Crippen molar-refractivity contribution in [1.29, 1.82) is 0 Å². The van der Waals surface area contributed by atoms with Gasteiger partial charge in [0.05, 0.1) is 0 Å². The van der Waals surface area contributed by atoms with Gasteiger partial charge in [-0.2, -0.15) is 0 Å². The van der Waals surface area contributed by atoms with Gasteiger partial charge in [-0.15, -0.1) is 0 Å². The van der Waals surface area contributed by atoms with E-state index in [9.17, 15) is 4.79 Å². The average molecular weight is 284 g/mol. The fourth-order valence-electron chi connectivity index (χ4n) is 3.50. The molecule has 1 heterocycles. The molecule has 1 aromatic carbocycles. The van der Waals surface area contributed by atoms with Crippen molar-refractivity contribution in [3.05, 3.63) is 30.0 Å². The quantitative estimate of drug-likeness (QED) is 0.911. The number of anilines is 1. The predicted octanol–water partition coefficient (Wildman–Crippen LogP) is 4.24. The van der Waals surface area contributed by atoms with Crippen molar-refractivity contribution in [2.45, 2.75) is 45.4 Å². The highest BCUT2D eigenvalue weighted by atomic mass is 16.1. The maximum absolute atomic E-state index is 11.4. The van der Waals surface area contributed by atoms with Crippen LogP contribution in [0.3, 0.4) is 0 Å². The number of rotatable bonds is 4. The minimum absolute atomic E-state index is 0.426. The maximum Gasteiger partial charge on any atom is 0.132 e. The summed E-state index contributed by atoms with van der Waals surface area (Å²) in [5.41, 5.74) is 3.89. The van der Waals surface area contributed by atoms with Crippen LogP contribution in [0.5, 0.6) is 0 Å². The van der Waals surface area contributed by atoms with Crippen LogP contribution in [-0.2, 0) is 4.79 Å². The topological polar surface area (TPSA) is 36.1 Å². The van der Waals surface area contributed by atoms with Gasteiger partial charge in [0.1, 0.15) is 5.78 Å².